The molecule has 0 spiro atoms. The molecule has 1 N–H and O–H groups in total. The topological polar surface area (TPSA) is 95.2 Å². The van der Waals surface area contributed by atoms with E-state index in [2.05, 4.69) is 0 Å². The van der Waals surface area contributed by atoms with E-state index in [1.165, 1.54) is 12.1 Å². The molecular formula is C13H14ClNO4S. The van der Waals surface area contributed by atoms with Crippen molar-refractivity contribution in [3.8, 4) is 6.07 Å². The van der Waals surface area contributed by atoms with Crippen LogP contribution in [0.2, 0.25) is 5.02 Å². The SMILES string of the molecule is CC(C)(C#N)CCS(=O)(=O)c1ccc(Cl)c(C(=O)O)c1. The maximum atomic E-state index is 12.1. The van der Waals surface area contributed by atoms with Gasteiger partial charge in [-0.3, -0.25) is 0 Å². The van der Waals surface area contributed by atoms with Gasteiger partial charge < -0.3 is 5.11 Å². The van der Waals surface area contributed by atoms with E-state index in [0.29, 0.717) is 0 Å². The minimum absolute atomic E-state index is 0.0196. The average molecular weight is 316 g/mol. The van der Waals surface area contributed by atoms with Crippen molar-refractivity contribution in [1.29, 1.82) is 5.26 Å². The largest absolute Gasteiger partial charge is 0.478 e. The predicted molar refractivity (Wildman–Crippen MR) is 74.5 cm³/mol. The maximum Gasteiger partial charge on any atom is 0.337 e. The van der Waals surface area contributed by atoms with Gasteiger partial charge in [-0.25, -0.2) is 13.2 Å². The van der Waals surface area contributed by atoms with Gasteiger partial charge in [-0.05, 0) is 38.5 Å². The van der Waals surface area contributed by atoms with Gasteiger partial charge in [0.2, 0.25) is 0 Å². The third kappa shape index (κ3) is 3.95. The number of benzene rings is 1. The molecule has 0 bridgehead atoms. The van der Waals surface area contributed by atoms with Crippen molar-refractivity contribution in [2.75, 3.05) is 5.75 Å². The van der Waals surface area contributed by atoms with Crippen molar-refractivity contribution in [2.24, 2.45) is 5.41 Å². The number of hydrogen-bond acceptors (Lipinski definition) is 4. The Balaban J connectivity index is 3.09. The number of carboxylic acids is 1. The summed E-state index contributed by atoms with van der Waals surface area (Å²) in [7, 11) is -3.65. The van der Waals surface area contributed by atoms with Crippen LogP contribution in [-0.4, -0.2) is 25.2 Å². The molecule has 0 saturated heterocycles. The summed E-state index contributed by atoms with van der Waals surface area (Å²) in [6.07, 6.45) is 0.164. The Morgan fingerprint density at radius 1 is 1.45 bits per heavy atom. The van der Waals surface area contributed by atoms with E-state index >= 15 is 0 Å². The summed E-state index contributed by atoms with van der Waals surface area (Å²) in [5.41, 5.74) is -1.01. The van der Waals surface area contributed by atoms with Crippen molar-refractivity contribution < 1.29 is 18.3 Å². The van der Waals surface area contributed by atoms with Crippen LogP contribution >= 0.6 is 11.6 Å². The Kier molecular flexibility index (Phi) is 4.79. The van der Waals surface area contributed by atoms with Crippen molar-refractivity contribution in [3.05, 3.63) is 28.8 Å². The van der Waals surface area contributed by atoms with E-state index in [1.807, 2.05) is 6.07 Å². The molecule has 7 heteroatoms. The monoisotopic (exact) mass is 315 g/mol. The van der Waals surface area contributed by atoms with Gasteiger partial charge in [0.1, 0.15) is 0 Å². The smallest absolute Gasteiger partial charge is 0.337 e. The Bertz CT molecular complexity index is 674. The van der Waals surface area contributed by atoms with Crippen LogP contribution in [0.1, 0.15) is 30.6 Å². The average Bonchev–Trinajstić information content (AvgIpc) is 2.36. The lowest BCUT2D eigenvalue weighted by Crippen LogP contribution is -2.16. The minimum atomic E-state index is -3.65. The highest BCUT2D eigenvalue weighted by molar-refractivity contribution is 7.91. The number of nitrogens with zero attached hydrogens (tertiary/aromatic N) is 1. The lowest BCUT2D eigenvalue weighted by Gasteiger charge is -2.15. The first kappa shape index (κ1) is 16.5. The zero-order valence-electron chi connectivity index (χ0n) is 11.1. The Hall–Kier alpha value is -1.58. The van der Waals surface area contributed by atoms with E-state index in [-0.39, 0.29) is 27.7 Å². The Morgan fingerprint density at radius 3 is 2.55 bits per heavy atom. The molecule has 0 aliphatic heterocycles. The van der Waals surface area contributed by atoms with E-state index in [0.717, 1.165) is 6.07 Å². The van der Waals surface area contributed by atoms with Gasteiger partial charge in [0.15, 0.2) is 9.84 Å². The fourth-order valence-corrected chi connectivity index (χ4v) is 3.21. The fourth-order valence-electron chi connectivity index (χ4n) is 1.43. The number of hydrogen-bond donors (Lipinski definition) is 1. The van der Waals surface area contributed by atoms with Gasteiger partial charge in [0.05, 0.1) is 32.7 Å². The van der Waals surface area contributed by atoms with E-state index in [9.17, 15) is 13.2 Å². The molecule has 0 aliphatic rings. The zero-order valence-corrected chi connectivity index (χ0v) is 12.6. The molecule has 0 unspecified atom stereocenters. The molecule has 0 amide bonds. The summed E-state index contributed by atoms with van der Waals surface area (Å²) >= 11 is 5.69. The molecule has 108 valence electrons. The number of sulfone groups is 1. The molecule has 0 fully saturated rings. The third-order valence-corrected chi connectivity index (χ3v) is 4.87. The van der Waals surface area contributed by atoms with Crippen LogP contribution in [0.4, 0.5) is 0 Å². The van der Waals surface area contributed by atoms with Crippen LogP contribution < -0.4 is 0 Å². The molecule has 0 aromatic heterocycles. The standard InChI is InChI=1S/C13H14ClNO4S/c1-13(2,8-15)5-6-20(18,19)9-3-4-11(14)10(7-9)12(16)17/h3-4,7H,5-6H2,1-2H3,(H,16,17). The number of rotatable bonds is 5. The summed E-state index contributed by atoms with van der Waals surface area (Å²) in [5, 5.41) is 17.8. The lowest BCUT2D eigenvalue weighted by molar-refractivity contribution is 0.0697. The van der Waals surface area contributed by atoms with E-state index in [4.69, 9.17) is 22.0 Å². The van der Waals surface area contributed by atoms with Gasteiger partial charge in [-0.1, -0.05) is 11.6 Å². The van der Waals surface area contributed by atoms with Gasteiger partial charge in [0, 0.05) is 0 Å². The molecule has 0 atom stereocenters. The van der Waals surface area contributed by atoms with Crippen LogP contribution in [0, 0.1) is 16.7 Å². The summed E-state index contributed by atoms with van der Waals surface area (Å²) in [6, 6.07) is 5.58. The third-order valence-electron chi connectivity index (χ3n) is 2.83. The van der Waals surface area contributed by atoms with Crippen LogP contribution in [0.3, 0.4) is 0 Å². The number of nitriles is 1. The molecule has 0 heterocycles. The summed E-state index contributed by atoms with van der Waals surface area (Å²) in [4.78, 5) is 10.8. The molecule has 0 aliphatic carbocycles. The Morgan fingerprint density at radius 2 is 2.05 bits per heavy atom. The van der Waals surface area contributed by atoms with Crippen LogP contribution in [0.25, 0.3) is 0 Å². The van der Waals surface area contributed by atoms with Crippen LogP contribution in [-0.2, 0) is 9.84 Å². The summed E-state index contributed by atoms with van der Waals surface area (Å²) in [6.45, 7) is 3.29. The van der Waals surface area contributed by atoms with Crippen molar-refractivity contribution >= 4 is 27.4 Å². The highest BCUT2D eigenvalue weighted by Crippen LogP contribution is 2.25. The number of aromatic carboxylic acids is 1. The highest BCUT2D eigenvalue weighted by Gasteiger charge is 2.24. The number of carboxylic acid groups (broad SMARTS) is 1. The van der Waals surface area contributed by atoms with E-state index < -0.39 is 21.2 Å². The van der Waals surface area contributed by atoms with Crippen molar-refractivity contribution in [1.82, 2.24) is 0 Å². The van der Waals surface area contributed by atoms with Crippen LogP contribution in [0.15, 0.2) is 23.1 Å². The molecule has 1 rings (SSSR count). The predicted octanol–water partition coefficient (Wildman–Crippen LogP) is 2.75. The van der Waals surface area contributed by atoms with Gasteiger partial charge in [0.25, 0.3) is 0 Å². The molecule has 0 radical (unpaired) electrons. The molecule has 20 heavy (non-hydrogen) atoms. The first-order valence-corrected chi connectivity index (χ1v) is 7.79. The van der Waals surface area contributed by atoms with E-state index in [1.54, 1.807) is 13.8 Å². The first-order valence-electron chi connectivity index (χ1n) is 5.76. The second-order valence-electron chi connectivity index (χ2n) is 5.01. The maximum absolute atomic E-state index is 12.1. The fraction of sp³-hybridized carbons (Fsp3) is 0.385. The van der Waals surface area contributed by atoms with Crippen molar-refractivity contribution in [3.63, 3.8) is 0 Å². The highest BCUT2D eigenvalue weighted by atomic mass is 35.5. The molecule has 5 nitrogen and oxygen atoms in total. The Labute approximate surface area is 122 Å². The van der Waals surface area contributed by atoms with Gasteiger partial charge >= 0.3 is 5.97 Å². The zero-order chi connectivity index (χ0) is 15.6. The first-order chi connectivity index (χ1) is 9.09. The molecule has 1 aromatic carbocycles. The lowest BCUT2D eigenvalue weighted by atomic mass is 9.93. The minimum Gasteiger partial charge on any atom is -0.478 e. The quantitative estimate of drug-likeness (QED) is 0.901. The molecular weight excluding hydrogens is 302 g/mol. The molecule has 0 saturated carbocycles. The van der Waals surface area contributed by atoms with Gasteiger partial charge in [-0.15, -0.1) is 0 Å². The second-order valence-corrected chi connectivity index (χ2v) is 7.53. The second kappa shape index (κ2) is 5.81. The van der Waals surface area contributed by atoms with Crippen LogP contribution in [0.5, 0.6) is 0 Å². The van der Waals surface area contributed by atoms with Gasteiger partial charge in [-0.2, -0.15) is 5.26 Å². The summed E-state index contributed by atoms with van der Waals surface area (Å²) < 4.78 is 24.3. The van der Waals surface area contributed by atoms with Crippen molar-refractivity contribution in [2.45, 2.75) is 25.2 Å². The number of carbonyl (C=O) groups is 1. The number of halogens is 1. The summed E-state index contributed by atoms with van der Waals surface area (Å²) in [5.74, 6) is -1.52. The normalized spacial score (nSPS) is 11.9. The molecule has 1 aromatic rings.